The van der Waals surface area contributed by atoms with E-state index < -0.39 is 73.8 Å². The molecule has 0 aliphatic carbocycles. The molecule has 0 aromatic heterocycles. The number of fused-ring (bicyclic) bond motifs is 1. The second-order valence-corrected chi connectivity index (χ2v) is 7.12. The maximum atomic E-state index is 12.1. The number of methoxy groups -OCH3 is 1. The van der Waals surface area contributed by atoms with Gasteiger partial charge in [0, 0.05) is 12.3 Å². The number of aliphatic hydroxyl groups is 5. The number of carbonyl (C=O) groups is 1. The van der Waals surface area contributed by atoms with Gasteiger partial charge >= 0.3 is 5.97 Å². The Labute approximate surface area is 161 Å². The van der Waals surface area contributed by atoms with Gasteiger partial charge in [-0.2, -0.15) is 0 Å². The van der Waals surface area contributed by atoms with E-state index in [-0.39, 0.29) is 12.0 Å². The molecular formula is C17H26O11. The van der Waals surface area contributed by atoms with Gasteiger partial charge < -0.3 is 49.2 Å². The molecule has 28 heavy (non-hydrogen) atoms. The molecule has 160 valence electrons. The monoisotopic (exact) mass is 406 g/mol. The van der Waals surface area contributed by atoms with Crippen LogP contribution < -0.4 is 0 Å². The van der Waals surface area contributed by atoms with Crippen LogP contribution in [0.1, 0.15) is 13.3 Å². The summed E-state index contributed by atoms with van der Waals surface area (Å²) in [4.78, 5) is 12.1. The molecule has 3 aliphatic rings. The van der Waals surface area contributed by atoms with E-state index in [1.165, 1.54) is 13.4 Å². The molecule has 3 rings (SSSR count). The third-order valence-electron chi connectivity index (χ3n) is 5.41. The highest BCUT2D eigenvalue weighted by atomic mass is 16.8. The fraction of sp³-hybridized carbons (Fsp3) is 0.824. The molecule has 10 atom stereocenters. The number of esters is 1. The van der Waals surface area contributed by atoms with Gasteiger partial charge in [0.2, 0.25) is 6.29 Å². The first-order valence-electron chi connectivity index (χ1n) is 9.01. The summed E-state index contributed by atoms with van der Waals surface area (Å²) >= 11 is 0. The van der Waals surface area contributed by atoms with Crippen LogP contribution in [-0.2, 0) is 28.5 Å². The Morgan fingerprint density at radius 1 is 1.14 bits per heavy atom. The Kier molecular flexibility index (Phi) is 6.57. The molecule has 3 aliphatic heterocycles. The molecule has 0 bridgehead atoms. The predicted molar refractivity (Wildman–Crippen MR) is 88.0 cm³/mol. The first-order chi connectivity index (χ1) is 13.3. The number of rotatable bonds is 4. The molecule has 5 N–H and O–H groups in total. The molecule has 0 aromatic carbocycles. The van der Waals surface area contributed by atoms with Crippen molar-refractivity contribution in [2.45, 2.75) is 62.7 Å². The fourth-order valence-electron chi connectivity index (χ4n) is 3.91. The summed E-state index contributed by atoms with van der Waals surface area (Å²) in [6, 6.07) is 0. The summed E-state index contributed by atoms with van der Waals surface area (Å²) in [5.41, 5.74) is 0.218. The van der Waals surface area contributed by atoms with Crippen molar-refractivity contribution in [1.82, 2.24) is 0 Å². The normalized spacial score (nSPS) is 46.2. The SMILES string of the molecule is COC(=O)C1=CO[C@H](O[C@H]2O[C@@H](CO)[C@H](O)[C@@H](O)[C@@H]2O)[C@H]2[C@@H](C)O[C@@H](O)C[C@@H]12. The topological polar surface area (TPSA) is 164 Å². The molecule has 0 spiro atoms. The zero-order chi connectivity index (χ0) is 20.6. The summed E-state index contributed by atoms with van der Waals surface area (Å²) in [6.45, 7) is 1.08. The van der Waals surface area contributed by atoms with Crippen molar-refractivity contribution >= 4 is 5.97 Å². The average molecular weight is 406 g/mol. The maximum absolute atomic E-state index is 12.1. The van der Waals surface area contributed by atoms with Gasteiger partial charge in [-0.05, 0) is 6.92 Å². The largest absolute Gasteiger partial charge is 0.471 e. The third kappa shape index (κ3) is 3.89. The third-order valence-corrected chi connectivity index (χ3v) is 5.41. The van der Waals surface area contributed by atoms with Gasteiger partial charge in [-0.3, -0.25) is 0 Å². The number of carbonyl (C=O) groups excluding carboxylic acids is 1. The Morgan fingerprint density at radius 3 is 2.50 bits per heavy atom. The highest BCUT2D eigenvalue weighted by molar-refractivity contribution is 5.88. The summed E-state index contributed by atoms with van der Waals surface area (Å²) in [5.74, 6) is -1.67. The van der Waals surface area contributed by atoms with Crippen molar-refractivity contribution in [2.75, 3.05) is 13.7 Å². The zero-order valence-corrected chi connectivity index (χ0v) is 15.5. The molecule has 11 heteroatoms. The lowest BCUT2D eigenvalue weighted by molar-refractivity contribution is -0.352. The average Bonchev–Trinajstić information content (AvgIpc) is 2.67. The highest BCUT2D eigenvalue weighted by Crippen LogP contribution is 2.42. The van der Waals surface area contributed by atoms with E-state index in [4.69, 9.17) is 23.7 Å². The van der Waals surface area contributed by atoms with Gasteiger partial charge in [0.15, 0.2) is 12.6 Å². The summed E-state index contributed by atoms with van der Waals surface area (Å²) < 4.78 is 26.8. The van der Waals surface area contributed by atoms with Crippen LogP contribution in [0.4, 0.5) is 0 Å². The molecule has 2 saturated heterocycles. The van der Waals surface area contributed by atoms with Crippen LogP contribution in [0.2, 0.25) is 0 Å². The Bertz CT molecular complexity index is 594. The lowest BCUT2D eigenvalue weighted by atomic mass is 9.77. The predicted octanol–water partition coefficient (Wildman–Crippen LogP) is -2.42. The molecule has 0 radical (unpaired) electrons. The van der Waals surface area contributed by atoms with Crippen molar-refractivity contribution in [1.29, 1.82) is 0 Å². The molecule has 11 nitrogen and oxygen atoms in total. The van der Waals surface area contributed by atoms with Gasteiger partial charge in [-0.15, -0.1) is 0 Å². The van der Waals surface area contributed by atoms with Gasteiger partial charge in [-0.25, -0.2) is 4.79 Å². The molecule has 0 aromatic rings. The number of hydrogen-bond acceptors (Lipinski definition) is 11. The van der Waals surface area contributed by atoms with Crippen molar-refractivity contribution < 1.29 is 54.0 Å². The van der Waals surface area contributed by atoms with Crippen molar-refractivity contribution in [3.8, 4) is 0 Å². The van der Waals surface area contributed by atoms with Gasteiger partial charge in [-0.1, -0.05) is 0 Å². The molecular weight excluding hydrogens is 380 g/mol. The van der Waals surface area contributed by atoms with Crippen molar-refractivity contribution in [3.63, 3.8) is 0 Å². The van der Waals surface area contributed by atoms with E-state index in [1.807, 2.05) is 0 Å². The lowest BCUT2D eigenvalue weighted by Crippen LogP contribution is -2.61. The van der Waals surface area contributed by atoms with Crippen LogP contribution in [0.5, 0.6) is 0 Å². The van der Waals surface area contributed by atoms with Crippen LogP contribution >= 0.6 is 0 Å². The first-order valence-corrected chi connectivity index (χ1v) is 9.01. The fourth-order valence-corrected chi connectivity index (χ4v) is 3.91. The maximum Gasteiger partial charge on any atom is 0.337 e. The van der Waals surface area contributed by atoms with E-state index >= 15 is 0 Å². The van der Waals surface area contributed by atoms with E-state index in [1.54, 1.807) is 6.92 Å². The van der Waals surface area contributed by atoms with E-state index in [0.717, 1.165) is 0 Å². The summed E-state index contributed by atoms with van der Waals surface area (Å²) in [7, 11) is 1.23. The second kappa shape index (κ2) is 8.59. The van der Waals surface area contributed by atoms with E-state index in [0.29, 0.717) is 0 Å². The van der Waals surface area contributed by atoms with Gasteiger partial charge in [0.25, 0.3) is 0 Å². The molecule has 2 fully saturated rings. The van der Waals surface area contributed by atoms with Crippen LogP contribution in [0.25, 0.3) is 0 Å². The molecule has 0 saturated carbocycles. The standard InChI is InChI=1S/C17H26O11/c1-6-11-7(3-10(19)26-6)8(15(23)24-2)5-25-16(11)28-17-14(22)13(21)12(20)9(4-18)27-17/h5-7,9-14,16-22H,3-4H2,1-2H3/t6-,7+,9+,10-,11+,12+,13-,14+,16-,17-/m1/s1. The number of hydrogen-bond donors (Lipinski definition) is 5. The van der Waals surface area contributed by atoms with Gasteiger partial charge in [0.05, 0.1) is 37.6 Å². The Balaban J connectivity index is 1.81. The number of ether oxygens (including phenoxy) is 5. The minimum absolute atomic E-state index is 0.105. The Hall–Kier alpha value is -1.31. The zero-order valence-electron chi connectivity index (χ0n) is 15.5. The molecule has 0 amide bonds. The second-order valence-electron chi connectivity index (χ2n) is 7.12. The highest BCUT2D eigenvalue weighted by Gasteiger charge is 2.51. The van der Waals surface area contributed by atoms with Gasteiger partial charge in [0.1, 0.15) is 24.4 Å². The Morgan fingerprint density at radius 2 is 1.86 bits per heavy atom. The van der Waals surface area contributed by atoms with Crippen LogP contribution in [0.15, 0.2) is 11.8 Å². The minimum atomic E-state index is -1.60. The van der Waals surface area contributed by atoms with Crippen LogP contribution in [0.3, 0.4) is 0 Å². The van der Waals surface area contributed by atoms with Crippen LogP contribution in [0, 0.1) is 11.8 Å². The first kappa shape index (κ1) is 21.4. The van der Waals surface area contributed by atoms with E-state index in [2.05, 4.69) is 0 Å². The van der Waals surface area contributed by atoms with Crippen molar-refractivity contribution in [3.05, 3.63) is 11.8 Å². The molecule has 0 unspecified atom stereocenters. The van der Waals surface area contributed by atoms with Crippen molar-refractivity contribution in [2.24, 2.45) is 11.8 Å². The quantitative estimate of drug-likeness (QED) is 0.315. The van der Waals surface area contributed by atoms with Crippen LogP contribution in [-0.4, -0.2) is 94.6 Å². The smallest absolute Gasteiger partial charge is 0.337 e. The summed E-state index contributed by atoms with van der Waals surface area (Å²) in [6.07, 6.45) is -8.71. The lowest BCUT2D eigenvalue weighted by Gasteiger charge is -2.47. The number of aliphatic hydroxyl groups excluding tert-OH is 5. The summed E-state index contributed by atoms with van der Waals surface area (Å²) in [5, 5.41) is 49.2. The van der Waals surface area contributed by atoms with E-state index in [9.17, 15) is 30.3 Å². The molecule has 3 heterocycles. The minimum Gasteiger partial charge on any atom is -0.471 e.